The summed E-state index contributed by atoms with van der Waals surface area (Å²) in [5.41, 5.74) is -0.524. The van der Waals surface area contributed by atoms with Gasteiger partial charge in [0.1, 0.15) is 16.4 Å². The molecular formula is C15H8ClF3N4OS. The first-order chi connectivity index (χ1) is 11.8. The molecule has 128 valence electrons. The molecule has 0 unspecified atom stereocenters. The van der Waals surface area contributed by atoms with Crippen molar-refractivity contribution in [2.75, 3.05) is 5.32 Å². The number of nitrogens with zero attached hydrogens (tertiary/aromatic N) is 3. The summed E-state index contributed by atoms with van der Waals surface area (Å²) in [5.74, 6) is -0.674. The van der Waals surface area contributed by atoms with E-state index in [4.69, 9.17) is 11.6 Å². The fraction of sp³-hybridized carbons (Fsp3) is 0.0667. The molecule has 0 fully saturated rings. The summed E-state index contributed by atoms with van der Waals surface area (Å²) < 4.78 is 38.3. The second-order valence-corrected chi connectivity index (χ2v) is 6.04. The molecule has 2 heterocycles. The minimum Gasteiger partial charge on any atom is -0.319 e. The first-order valence-electron chi connectivity index (χ1n) is 6.74. The lowest BCUT2D eigenvalue weighted by Crippen LogP contribution is -2.14. The molecule has 2 aromatic heterocycles. The second-order valence-electron chi connectivity index (χ2n) is 4.78. The molecule has 1 amide bonds. The highest BCUT2D eigenvalue weighted by atomic mass is 35.5. The summed E-state index contributed by atoms with van der Waals surface area (Å²) in [6, 6.07) is 2.69. The highest BCUT2D eigenvalue weighted by Crippen LogP contribution is 2.34. The van der Waals surface area contributed by atoms with E-state index in [2.05, 4.69) is 20.3 Å². The van der Waals surface area contributed by atoms with E-state index in [1.54, 1.807) is 0 Å². The van der Waals surface area contributed by atoms with Crippen LogP contribution in [0, 0.1) is 0 Å². The Bertz CT molecular complexity index is 915. The molecule has 0 aliphatic heterocycles. The molecule has 10 heteroatoms. The Morgan fingerprint density at radius 3 is 2.72 bits per heavy atom. The largest absolute Gasteiger partial charge is 0.416 e. The lowest BCUT2D eigenvalue weighted by molar-refractivity contribution is -0.137. The molecule has 0 spiro atoms. The monoisotopic (exact) mass is 384 g/mol. The summed E-state index contributed by atoms with van der Waals surface area (Å²) in [6.45, 7) is 0. The highest BCUT2D eigenvalue weighted by Gasteiger charge is 2.31. The maximum atomic E-state index is 12.8. The van der Waals surface area contributed by atoms with E-state index in [-0.39, 0.29) is 16.4 Å². The number of rotatable bonds is 3. The molecule has 1 aromatic carbocycles. The Kier molecular flexibility index (Phi) is 4.69. The first kappa shape index (κ1) is 17.3. The fourth-order valence-corrected chi connectivity index (χ4v) is 2.81. The number of amides is 1. The molecule has 0 radical (unpaired) electrons. The number of hydrogen-bond donors (Lipinski definition) is 1. The molecular weight excluding hydrogens is 377 g/mol. The van der Waals surface area contributed by atoms with Crippen LogP contribution >= 0.6 is 22.9 Å². The van der Waals surface area contributed by atoms with E-state index < -0.39 is 17.6 Å². The average Bonchev–Trinajstić information content (AvgIpc) is 3.07. The predicted octanol–water partition coefficient (Wildman–Crippen LogP) is 4.52. The lowest BCUT2D eigenvalue weighted by atomic mass is 10.2. The van der Waals surface area contributed by atoms with Crippen LogP contribution in [0.2, 0.25) is 5.02 Å². The van der Waals surface area contributed by atoms with Gasteiger partial charge in [-0.25, -0.2) is 4.98 Å². The van der Waals surface area contributed by atoms with Crippen molar-refractivity contribution in [3.05, 3.63) is 58.4 Å². The van der Waals surface area contributed by atoms with Gasteiger partial charge in [-0.05, 0) is 18.2 Å². The van der Waals surface area contributed by atoms with Gasteiger partial charge in [0.2, 0.25) is 0 Å². The Labute approximate surface area is 148 Å². The third-order valence-corrected chi connectivity index (χ3v) is 4.26. The zero-order valence-electron chi connectivity index (χ0n) is 12.2. The van der Waals surface area contributed by atoms with Crippen molar-refractivity contribution in [1.82, 2.24) is 15.0 Å². The van der Waals surface area contributed by atoms with Crippen LogP contribution in [0.15, 0.2) is 42.2 Å². The number of aromatic nitrogens is 3. The number of carbonyl (C=O) groups is 1. The zero-order chi connectivity index (χ0) is 18.0. The SMILES string of the molecule is O=C(Nc1cc(C(F)(F)F)ccc1Cl)c1csc(-c2cnccn2)n1. The number of benzene rings is 1. The van der Waals surface area contributed by atoms with Crippen molar-refractivity contribution >= 4 is 34.5 Å². The van der Waals surface area contributed by atoms with Crippen LogP contribution in [0.25, 0.3) is 10.7 Å². The predicted molar refractivity (Wildman–Crippen MR) is 87.5 cm³/mol. The van der Waals surface area contributed by atoms with Crippen LogP contribution in [0.5, 0.6) is 0 Å². The molecule has 0 saturated carbocycles. The van der Waals surface area contributed by atoms with E-state index in [1.165, 1.54) is 35.3 Å². The third kappa shape index (κ3) is 3.94. The van der Waals surface area contributed by atoms with E-state index >= 15 is 0 Å². The quantitative estimate of drug-likeness (QED) is 0.720. The van der Waals surface area contributed by atoms with E-state index in [0.717, 1.165) is 18.2 Å². The minimum absolute atomic E-state index is 0.00858. The van der Waals surface area contributed by atoms with Gasteiger partial charge in [-0.1, -0.05) is 11.6 Å². The molecule has 1 N–H and O–H groups in total. The normalized spacial score (nSPS) is 11.4. The zero-order valence-corrected chi connectivity index (χ0v) is 13.8. The Morgan fingerprint density at radius 2 is 2.04 bits per heavy atom. The van der Waals surface area contributed by atoms with Gasteiger partial charge in [0.15, 0.2) is 0 Å². The molecule has 5 nitrogen and oxygen atoms in total. The van der Waals surface area contributed by atoms with E-state index in [0.29, 0.717) is 10.7 Å². The average molecular weight is 385 g/mol. The van der Waals surface area contributed by atoms with Crippen molar-refractivity contribution in [3.8, 4) is 10.7 Å². The summed E-state index contributed by atoms with van der Waals surface area (Å²) in [5, 5.41) is 4.27. The maximum Gasteiger partial charge on any atom is 0.416 e. The number of carbonyl (C=O) groups excluding carboxylic acids is 1. The first-order valence-corrected chi connectivity index (χ1v) is 8.00. The van der Waals surface area contributed by atoms with Gasteiger partial charge < -0.3 is 5.32 Å². The molecule has 0 bridgehead atoms. The number of hydrogen-bond acceptors (Lipinski definition) is 5. The van der Waals surface area contributed by atoms with Crippen molar-refractivity contribution in [2.24, 2.45) is 0 Å². The van der Waals surface area contributed by atoms with Crippen molar-refractivity contribution in [3.63, 3.8) is 0 Å². The Balaban J connectivity index is 1.83. The van der Waals surface area contributed by atoms with Crippen molar-refractivity contribution in [2.45, 2.75) is 6.18 Å². The van der Waals surface area contributed by atoms with Crippen LogP contribution in [0.3, 0.4) is 0 Å². The summed E-state index contributed by atoms with van der Waals surface area (Å²) in [4.78, 5) is 24.3. The molecule has 3 rings (SSSR count). The number of thiazole rings is 1. The molecule has 0 aliphatic rings. The van der Waals surface area contributed by atoms with Gasteiger partial charge in [0.25, 0.3) is 5.91 Å². The van der Waals surface area contributed by atoms with E-state index in [1.807, 2.05) is 0 Å². The molecule has 25 heavy (non-hydrogen) atoms. The maximum absolute atomic E-state index is 12.8. The van der Waals surface area contributed by atoms with E-state index in [9.17, 15) is 18.0 Å². The number of nitrogens with one attached hydrogen (secondary N) is 1. The lowest BCUT2D eigenvalue weighted by Gasteiger charge is -2.11. The van der Waals surface area contributed by atoms with Crippen molar-refractivity contribution < 1.29 is 18.0 Å². The highest BCUT2D eigenvalue weighted by molar-refractivity contribution is 7.13. The number of alkyl halides is 3. The summed E-state index contributed by atoms with van der Waals surface area (Å²) >= 11 is 7.03. The van der Waals surface area contributed by atoms with Crippen LogP contribution in [0.4, 0.5) is 18.9 Å². The standard InChI is InChI=1S/C15H8ClF3N4OS/c16-9-2-1-8(15(17,18)19)5-10(9)22-13(24)12-7-25-14(23-12)11-6-20-3-4-21-11/h1-7H,(H,22,24). The Morgan fingerprint density at radius 1 is 1.24 bits per heavy atom. The van der Waals surface area contributed by atoms with Crippen LogP contribution in [0.1, 0.15) is 16.1 Å². The van der Waals surface area contributed by atoms with Gasteiger partial charge in [-0.2, -0.15) is 13.2 Å². The fourth-order valence-electron chi connectivity index (χ4n) is 1.89. The molecule has 3 aromatic rings. The Hall–Kier alpha value is -2.52. The van der Waals surface area contributed by atoms with Gasteiger partial charge in [0.05, 0.1) is 22.5 Å². The second kappa shape index (κ2) is 6.77. The van der Waals surface area contributed by atoms with Gasteiger partial charge >= 0.3 is 6.18 Å². The molecule has 0 saturated heterocycles. The number of anilines is 1. The number of halogens is 4. The molecule has 0 atom stereocenters. The van der Waals surface area contributed by atoms with Gasteiger partial charge in [-0.3, -0.25) is 14.8 Å². The summed E-state index contributed by atoms with van der Waals surface area (Å²) in [7, 11) is 0. The topological polar surface area (TPSA) is 67.8 Å². The van der Waals surface area contributed by atoms with Gasteiger partial charge in [-0.15, -0.1) is 11.3 Å². The smallest absolute Gasteiger partial charge is 0.319 e. The van der Waals surface area contributed by atoms with Gasteiger partial charge in [0, 0.05) is 17.8 Å². The third-order valence-electron chi connectivity index (χ3n) is 3.06. The van der Waals surface area contributed by atoms with Crippen molar-refractivity contribution in [1.29, 1.82) is 0 Å². The van der Waals surface area contributed by atoms with Crippen LogP contribution in [-0.2, 0) is 6.18 Å². The molecule has 0 aliphatic carbocycles. The van der Waals surface area contributed by atoms with Crippen LogP contribution in [-0.4, -0.2) is 20.9 Å². The summed E-state index contributed by atoms with van der Waals surface area (Å²) in [6.07, 6.45) is -0.0622. The minimum atomic E-state index is -4.54. The van der Waals surface area contributed by atoms with Crippen LogP contribution < -0.4 is 5.32 Å².